The lowest BCUT2D eigenvalue weighted by atomic mass is 10.2. The molecule has 21 heavy (non-hydrogen) atoms. The van der Waals surface area contributed by atoms with E-state index >= 15 is 0 Å². The molecule has 0 aliphatic heterocycles. The molecule has 0 bridgehead atoms. The fraction of sp³-hybridized carbons (Fsp3) is 0.133. The van der Waals surface area contributed by atoms with Crippen LogP contribution in [0.1, 0.15) is 17.4 Å². The lowest BCUT2D eigenvalue weighted by Gasteiger charge is -1.98. The highest BCUT2D eigenvalue weighted by Crippen LogP contribution is 2.21. The summed E-state index contributed by atoms with van der Waals surface area (Å²) >= 11 is 5.00. The molecule has 1 aromatic carbocycles. The molecule has 106 valence electrons. The van der Waals surface area contributed by atoms with Crippen LogP contribution in [-0.4, -0.2) is 15.9 Å². The van der Waals surface area contributed by atoms with Crippen LogP contribution in [0.3, 0.4) is 0 Å². The van der Waals surface area contributed by atoms with E-state index in [2.05, 4.69) is 32.9 Å². The second-order valence-corrected chi connectivity index (χ2v) is 6.42. The largest absolute Gasteiger partial charge is 0.282 e. The zero-order valence-electron chi connectivity index (χ0n) is 11.3. The highest BCUT2D eigenvalue weighted by atomic mass is 79.9. The van der Waals surface area contributed by atoms with E-state index in [-0.39, 0.29) is 5.56 Å². The van der Waals surface area contributed by atoms with Gasteiger partial charge >= 0.3 is 0 Å². The van der Waals surface area contributed by atoms with Gasteiger partial charge in [0.15, 0.2) is 0 Å². The van der Waals surface area contributed by atoms with E-state index < -0.39 is 0 Å². The van der Waals surface area contributed by atoms with E-state index in [4.69, 9.17) is 0 Å². The number of thiophene rings is 1. The van der Waals surface area contributed by atoms with E-state index in [1.54, 1.807) is 17.6 Å². The first-order chi connectivity index (χ1) is 10.2. The number of nitrogens with zero attached hydrogens (tertiary/aromatic N) is 3. The molecule has 0 amide bonds. The van der Waals surface area contributed by atoms with Gasteiger partial charge < -0.3 is 0 Å². The maximum atomic E-state index is 12.4. The number of aromatic nitrogens is 2. The fourth-order valence-electron chi connectivity index (χ4n) is 1.92. The predicted molar refractivity (Wildman–Crippen MR) is 90.4 cm³/mol. The number of halogens is 1. The average Bonchev–Trinajstić information content (AvgIpc) is 2.92. The average molecular weight is 362 g/mol. The number of fused-ring (bicyclic) bond motifs is 1. The molecule has 0 aliphatic rings. The van der Waals surface area contributed by atoms with E-state index in [0.717, 1.165) is 26.2 Å². The van der Waals surface area contributed by atoms with Crippen LogP contribution in [0.25, 0.3) is 10.2 Å². The fourth-order valence-corrected chi connectivity index (χ4v) is 3.24. The first-order valence-electron chi connectivity index (χ1n) is 6.48. The molecule has 0 fully saturated rings. The molecule has 0 aliphatic carbocycles. The molecular formula is C15H12BrN3OS. The maximum absolute atomic E-state index is 12.4. The standard InChI is InChI=1S/C15H12BrN3OS/c1-2-11-7-12-14(21-11)17-9-19(15(12)20)18-8-10-5-3-4-6-13(10)16/h3-9H,2H2,1H3/b18-8-. The minimum atomic E-state index is -0.140. The molecule has 0 atom stereocenters. The third-order valence-electron chi connectivity index (χ3n) is 3.06. The van der Waals surface area contributed by atoms with Crippen molar-refractivity contribution in [2.24, 2.45) is 5.10 Å². The topological polar surface area (TPSA) is 47.2 Å². The van der Waals surface area contributed by atoms with Crippen molar-refractivity contribution in [2.45, 2.75) is 13.3 Å². The molecule has 3 aromatic rings. The molecule has 2 heterocycles. The molecular weight excluding hydrogens is 350 g/mol. The summed E-state index contributed by atoms with van der Waals surface area (Å²) in [6.45, 7) is 2.06. The number of hydrogen-bond donors (Lipinski definition) is 0. The van der Waals surface area contributed by atoms with Gasteiger partial charge in [-0.15, -0.1) is 11.3 Å². The normalized spacial score (nSPS) is 11.5. The van der Waals surface area contributed by atoms with E-state index in [0.29, 0.717) is 5.39 Å². The Labute approximate surface area is 133 Å². The molecule has 2 aromatic heterocycles. The quantitative estimate of drug-likeness (QED) is 0.668. The minimum Gasteiger partial charge on any atom is -0.267 e. The number of hydrogen-bond acceptors (Lipinski definition) is 4. The number of rotatable bonds is 3. The summed E-state index contributed by atoms with van der Waals surface area (Å²) in [4.78, 5) is 18.6. The molecule has 0 spiro atoms. The highest BCUT2D eigenvalue weighted by molar-refractivity contribution is 9.10. The van der Waals surface area contributed by atoms with Crippen LogP contribution in [0.5, 0.6) is 0 Å². The van der Waals surface area contributed by atoms with Gasteiger partial charge in [0.2, 0.25) is 0 Å². The third kappa shape index (κ3) is 2.82. The smallest absolute Gasteiger partial charge is 0.267 e. The zero-order valence-corrected chi connectivity index (χ0v) is 13.7. The molecule has 0 saturated heterocycles. The summed E-state index contributed by atoms with van der Waals surface area (Å²) in [5.74, 6) is 0. The van der Waals surface area contributed by atoms with E-state index in [1.165, 1.54) is 11.0 Å². The Morgan fingerprint density at radius 2 is 2.24 bits per heavy atom. The number of benzene rings is 1. The minimum absolute atomic E-state index is 0.140. The van der Waals surface area contributed by atoms with Crippen molar-refractivity contribution in [3.8, 4) is 0 Å². The van der Waals surface area contributed by atoms with Crippen molar-refractivity contribution in [2.75, 3.05) is 0 Å². The first kappa shape index (κ1) is 14.2. The third-order valence-corrected chi connectivity index (χ3v) is 4.97. The van der Waals surface area contributed by atoms with Gasteiger partial charge in [-0.2, -0.15) is 9.78 Å². The summed E-state index contributed by atoms with van der Waals surface area (Å²) in [6.07, 6.45) is 4.01. The molecule has 3 rings (SSSR count). The van der Waals surface area contributed by atoms with Gasteiger partial charge in [-0.1, -0.05) is 41.1 Å². The molecule has 4 nitrogen and oxygen atoms in total. The molecule has 0 radical (unpaired) electrons. The Balaban J connectivity index is 2.03. The maximum Gasteiger partial charge on any atom is 0.282 e. The molecule has 0 N–H and O–H groups in total. The van der Waals surface area contributed by atoms with Crippen molar-refractivity contribution < 1.29 is 0 Å². The van der Waals surface area contributed by atoms with Gasteiger partial charge in [0, 0.05) is 14.9 Å². The highest BCUT2D eigenvalue weighted by Gasteiger charge is 2.07. The Bertz CT molecular complexity index is 882. The van der Waals surface area contributed by atoms with E-state index in [1.807, 2.05) is 30.3 Å². The van der Waals surface area contributed by atoms with E-state index in [9.17, 15) is 4.79 Å². The van der Waals surface area contributed by atoms with Crippen molar-refractivity contribution >= 4 is 43.7 Å². The van der Waals surface area contributed by atoms with Gasteiger partial charge in [0.1, 0.15) is 11.2 Å². The van der Waals surface area contributed by atoms with Crippen molar-refractivity contribution in [3.05, 3.63) is 61.9 Å². The second-order valence-electron chi connectivity index (χ2n) is 4.45. The summed E-state index contributed by atoms with van der Waals surface area (Å²) in [5, 5.41) is 4.84. The zero-order chi connectivity index (χ0) is 14.8. The van der Waals surface area contributed by atoms with Crippen LogP contribution in [0, 0.1) is 0 Å². The van der Waals surface area contributed by atoms with Crippen molar-refractivity contribution in [3.63, 3.8) is 0 Å². The van der Waals surface area contributed by atoms with Crippen molar-refractivity contribution in [1.82, 2.24) is 9.66 Å². The van der Waals surface area contributed by atoms with Gasteiger partial charge in [0.05, 0.1) is 11.6 Å². The predicted octanol–water partition coefficient (Wildman–Crippen LogP) is 3.67. The lowest BCUT2D eigenvalue weighted by molar-refractivity contribution is 0.818. The van der Waals surface area contributed by atoms with Crippen LogP contribution in [0.2, 0.25) is 0 Å². The van der Waals surface area contributed by atoms with Gasteiger partial charge in [-0.05, 0) is 18.6 Å². The second kappa shape index (κ2) is 5.91. The van der Waals surface area contributed by atoms with Gasteiger partial charge in [0.25, 0.3) is 5.56 Å². The van der Waals surface area contributed by atoms with Crippen LogP contribution in [0.4, 0.5) is 0 Å². The van der Waals surface area contributed by atoms with Crippen LogP contribution < -0.4 is 5.56 Å². The van der Waals surface area contributed by atoms with Crippen LogP contribution >= 0.6 is 27.3 Å². The summed E-state index contributed by atoms with van der Waals surface area (Å²) < 4.78 is 2.20. The Kier molecular flexibility index (Phi) is 3.98. The molecule has 0 saturated carbocycles. The Morgan fingerprint density at radius 1 is 1.43 bits per heavy atom. The van der Waals surface area contributed by atoms with Crippen molar-refractivity contribution in [1.29, 1.82) is 0 Å². The summed E-state index contributed by atoms with van der Waals surface area (Å²) in [6, 6.07) is 9.60. The monoisotopic (exact) mass is 361 g/mol. The van der Waals surface area contributed by atoms with Gasteiger partial charge in [-0.3, -0.25) is 4.79 Å². The van der Waals surface area contributed by atoms with Gasteiger partial charge in [-0.25, -0.2) is 4.98 Å². The molecule has 0 unspecified atom stereocenters. The molecule has 6 heteroatoms. The first-order valence-corrected chi connectivity index (χ1v) is 8.09. The van der Waals surface area contributed by atoms with Crippen LogP contribution in [0.15, 0.2) is 51.0 Å². The number of aryl methyl sites for hydroxylation is 1. The summed E-state index contributed by atoms with van der Waals surface area (Å²) in [7, 11) is 0. The van der Waals surface area contributed by atoms with Crippen LogP contribution in [-0.2, 0) is 6.42 Å². The lowest BCUT2D eigenvalue weighted by Crippen LogP contribution is -2.16. The summed E-state index contributed by atoms with van der Waals surface area (Å²) in [5.41, 5.74) is 0.767. The SMILES string of the molecule is CCc1cc2c(=O)n(/N=C\c3ccccc3Br)cnc2s1. The Morgan fingerprint density at radius 3 is 3.00 bits per heavy atom. The Hall–Kier alpha value is -1.79.